The van der Waals surface area contributed by atoms with Gasteiger partial charge in [0.2, 0.25) is 0 Å². The molecular formula is C15H24O2. The second-order valence-corrected chi connectivity index (χ2v) is 4.52. The smallest absolute Gasteiger partial charge is 0.119 e. The van der Waals surface area contributed by atoms with E-state index in [-0.39, 0.29) is 6.10 Å². The summed E-state index contributed by atoms with van der Waals surface area (Å²) in [7, 11) is 0. The Hall–Kier alpha value is -1.02. The van der Waals surface area contributed by atoms with Crippen molar-refractivity contribution in [2.45, 2.75) is 46.1 Å². The summed E-state index contributed by atoms with van der Waals surface area (Å²) in [5, 5.41) is 0. The van der Waals surface area contributed by atoms with Gasteiger partial charge in [-0.25, -0.2) is 0 Å². The molecule has 0 bridgehead atoms. The van der Waals surface area contributed by atoms with E-state index in [4.69, 9.17) is 9.47 Å². The first kappa shape index (κ1) is 14.0. The van der Waals surface area contributed by atoms with E-state index in [2.05, 4.69) is 19.1 Å². The second-order valence-electron chi connectivity index (χ2n) is 4.52. The molecule has 2 heteroatoms. The van der Waals surface area contributed by atoms with Crippen molar-refractivity contribution in [1.29, 1.82) is 0 Å². The third-order valence-electron chi connectivity index (χ3n) is 2.55. The molecule has 0 spiro atoms. The van der Waals surface area contributed by atoms with Crippen LogP contribution in [-0.2, 0) is 11.2 Å². The maximum Gasteiger partial charge on any atom is 0.119 e. The van der Waals surface area contributed by atoms with Crippen LogP contribution in [0.4, 0.5) is 0 Å². The number of benzene rings is 1. The molecular weight excluding hydrogens is 212 g/mol. The molecule has 0 amide bonds. The molecule has 2 nitrogen and oxygen atoms in total. The Bertz CT molecular complexity index is 290. The van der Waals surface area contributed by atoms with Crippen molar-refractivity contribution in [1.82, 2.24) is 0 Å². The SMILES string of the molecule is CCCCc1ccc(OCCOC(C)C)cc1. The first-order valence-electron chi connectivity index (χ1n) is 6.55. The predicted octanol–water partition coefficient (Wildman–Crippen LogP) is 3.83. The summed E-state index contributed by atoms with van der Waals surface area (Å²) in [4.78, 5) is 0. The Morgan fingerprint density at radius 3 is 2.35 bits per heavy atom. The minimum absolute atomic E-state index is 0.273. The molecule has 0 fully saturated rings. The van der Waals surface area contributed by atoms with Gasteiger partial charge in [-0.3, -0.25) is 0 Å². The summed E-state index contributed by atoms with van der Waals surface area (Å²) in [6.07, 6.45) is 3.93. The van der Waals surface area contributed by atoms with Gasteiger partial charge in [0.05, 0.1) is 12.7 Å². The van der Waals surface area contributed by atoms with Gasteiger partial charge in [0.1, 0.15) is 12.4 Å². The first-order valence-corrected chi connectivity index (χ1v) is 6.55. The van der Waals surface area contributed by atoms with Crippen molar-refractivity contribution in [3.8, 4) is 5.75 Å². The van der Waals surface area contributed by atoms with Crippen LogP contribution in [0.25, 0.3) is 0 Å². The molecule has 0 aliphatic heterocycles. The van der Waals surface area contributed by atoms with E-state index in [0.29, 0.717) is 13.2 Å². The van der Waals surface area contributed by atoms with E-state index in [9.17, 15) is 0 Å². The summed E-state index contributed by atoms with van der Waals surface area (Å²) >= 11 is 0. The van der Waals surface area contributed by atoms with Crippen LogP contribution in [0, 0.1) is 0 Å². The number of unbranched alkanes of at least 4 members (excludes halogenated alkanes) is 1. The molecule has 0 aromatic heterocycles. The van der Waals surface area contributed by atoms with Gasteiger partial charge in [-0.05, 0) is 44.4 Å². The van der Waals surface area contributed by atoms with Crippen LogP contribution in [0.3, 0.4) is 0 Å². The highest BCUT2D eigenvalue weighted by atomic mass is 16.5. The van der Waals surface area contributed by atoms with Crippen molar-refractivity contribution >= 4 is 0 Å². The fraction of sp³-hybridized carbons (Fsp3) is 0.600. The molecule has 1 aromatic rings. The Kier molecular flexibility index (Phi) is 6.71. The zero-order valence-corrected chi connectivity index (χ0v) is 11.2. The van der Waals surface area contributed by atoms with Gasteiger partial charge >= 0.3 is 0 Å². The van der Waals surface area contributed by atoms with Gasteiger partial charge < -0.3 is 9.47 Å². The Balaban J connectivity index is 2.25. The van der Waals surface area contributed by atoms with Crippen molar-refractivity contribution in [2.75, 3.05) is 13.2 Å². The Morgan fingerprint density at radius 1 is 1.06 bits per heavy atom. The van der Waals surface area contributed by atoms with Crippen LogP contribution in [0.1, 0.15) is 39.2 Å². The summed E-state index contributed by atoms with van der Waals surface area (Å²) < 4.78 is 11.0. The highest BCUT2D eigenvalue weighted by molar-refractivity contribution is 5.27. The van der Waals surface area contributed by atoms with Gasteiger partial charge in [0.15, 0.2) is 0 Å². The number of aryl methyl sites for hydroxylation is 1. The fourth-order valence-corrected chi connectivity index (χ4v) is 1.58. The lowest BCUT2D eigenvalue weighted by Crippen LogP contribution is -2.11. The molecule has 1 aromatic carbocycles. The zero-order chi connectivity index (χ0) is 12.5. The molecule has 0 saturated heterocycles. The van der Waals surface area contributed by atoms with Gasteiger partial charge in [0, 0.05) is 0 Å². The van der Waals surface area contributed by atoms with Crippen LogP contribution in [0.5, 0.6) is 5.75 Å². The van der Waals surface area contributed by atoms with E-state index < -0.39 is 0 Å². The number of rotatable bonds is 8. The molecule has 96 valence electrons. The minimum Gasteiger partial charge on any atom is -0.491 e. The van der Waals surface area contributed by atoms with Crippen LogP contribution >= 0.6 is 0 Å². The Labute approximate surface area is 105 Å². The van der Waals surface area contributed by atoms with Crippen molar-refractivity contribution in [3.05, 3.63) is 29.8 Å². The molecule has 0 radical (unpaired) electrons. The van der Waals surface area contributed by atoms with Gasteiger partial charge in [-0.2, -0.15) is 0 Å². The van der Waals surface area contributed by atoms with Gasteiger partial charge in [-0.1, -0.05) is 25.5 Å². The van der Waals surface area contributed by atoms with Crippen molar-refractivity contribution in [3.63, 3.8) is 0 Å². The highest BCUT2D eigenvalue weighted by Crippen LogP contribution is 2.13. The number of ether oxygens (including phenoxy) is 2. The van der Waals surface area contributed by atoms with Crippen LogP contribution < -0.4 is 4.74 Å². The molecule has 1 rings (SSSR count). The molecule has 0 unspecified atom stereocenters. The monoisotopic (exact) mass is 236 g/mol. The van der Waals surface area contributed by atoms with E-state index in [1.54, 1.807) is 0 Å². The molecule has 0 atom stereocenters. The van der Waals surface area contributed by atoms with E-state index in [1.165, 1.54) is 18.4 Å². The zero-order valence-electron chi connectivity index (χ0n) is 11.2. The summed E-state index contributed by atoms with van der Waals surface area (Å²) in [6, 6.07) is 8.38. The average Bonchev–Trinajstić information content (AvgIpc) is 2.33. The van der Waals surface area contributed by atoms with Crippen molar-refractivity contribution in [2.24, 2.45) is 0 Å². The second kappa shape index (κ2) is 8.13. The predicted molar refractivity (Wildman–Crippen MR) is 71.6 cm³/mol. The lowest BCUT2D eigenvalue weighted by Gasteiger charge is -2.09. The summed E-state index contributed by atoms with van der Waals surface area (Å²) in [6.45, 7) is 7.54. The third kappa shape index (κ3) is 6.32. The van der Waals surface area contributed by atoms with E-state index in [0.717, 1.165) is 12.2 Å². The largest absolute Gasteiger partial charge is 0.491 e. The molecule has 0 N–H and O–H groups in total. The maximum absolute atomic E-state index is 5.59. The summed E-state index contributed by atoms with van der Waals surface area (Å²) in [5.41, 5.74) is 1.39. The Morgan fingerprint density at radius 2 is 1.76 bits per heavy atom. The quantitative estimate of drug-likeness (QED) is 0.639. The van der Waals surface area contributed by atoms with Gasteiger partial charge in [-0.15, -0.1) is 0 Å². The number of hydrogen-bond acceptors (Lipinski definition) is 2. The average molecular weight is 236 g/mol. The van der Waals surface area contributed by atoms with E-state index >= 15 is 0 Å². The topological polar surface area (TPSA) is 18.5 Å². The van der Waals surface area contributed by atoms with Crippen molar-refractivity contribution < 1.29 is 9.47 Å². The third-order valence-corrected chi connectivity index (χ3v) is 2.55. The van der Waals surface area contributed by atoms with Crippen LogP contribution in [-0.4, -0.2) is 19.3 Å². The molecule has 0 aliphatic rings. The molecule has 0 aliphatic carbocycles. The lowest BCUT2D eigenvalue weighted by atomic mass is 10.1. The first-order chi connectivity index (χ1) is 8.22. The lowest BCUT2D eigenvalue weighted by molar-refractivity contribution is 0.0552. The van der Waals surface area contributed by atoms with Crippen LogP contribution in [0.15, 0.2) is 24.3 Å². The molecule has 17 heavy (non-hydrogen) atoms. The molecule has 0 saturated carbocycles. The normalized spacial score (nSPS) is 10.8. The molecule has 0 heterocycles. The number of hydrogen-bond donors (Lipinski definition) is 0. The minimum atomic E-state index is 0.273. The maximum atomic E-state index is 5.59. The standard InChI is InChI=1S/C15H24O2/c1-4-5-6-14-7-9-15(10-8-14)17-12-11-16-13(2)3/h7-10,13H,4-6,11-12H2,1-3H3. The van der Waals surface area contributed by atoms with E-state index in [1.807, 2.05) is 26.0 Å². The highest BCUT2D eigenvalue weighted by Gasteiger charge is 1.97. The summed E-state index contributed by atoms with van der Waals surface area (Å²) in [5.74, 6) is 0.928. The fourth-order valence-electron chi connectivity index (χ4n) is 1.58. The van der Waals surface area contributed by atoms with Gasteiger partial charge in [0.25, 0.3) is 0 Å². The van der Waals surface area contributed by atoms with Crippen LogP contribution in [0.2, 0.25) is 0 Å².